The highest BCUT2D eigenvalue weighted by Gasteiger charge is 2.34. The van der Waals surface area contributed by atoms with Crippen LogP contribution in [0.2, 0.25) is 0 Å². The topological polar surface area (TPSA) is 49.4 Å². The van der Waals surface area contributed by atoms with E-state index in [1.807, 2.05) is 0 Å². The predicted molar refractivity (Wildman–Crippen MR) is 51.5 cm³/mol. The molecule has 0 aromatic carbocycles. The summed E-state index contributed by atoms with van der Waals surface area (Å²) in [6.45, 7) is 4.19. The van der Waals surface area contributed by atoms with Crippen molar-refractivity contribution in [3.63, 3.8) is 0 Å². The zero-order valence-corrected chi connectivity index (χ0v) is 8.45. The number of likely N-dealkylation sites (tertiary alicyclic amines) is 1. The molecule has 0 bridgehead atoms. The second-order valence-electron chi connectivity index (χ2n) is 4.36. The van der Waals surface area contributed by atoms with Gasteiger partial charge in [0.15, 0.2) is 0 Å². The van der Waals surface area contributed by atoms with Crippen LogP contribution >= 0.6 is 0 Å². The number of rotatable bonds is 1. The molecule has 2 fully saturated rings. The Morgan fingerprint density at radius 2 is 2.14 bits per heavy atom. The normalized spacial score (nSPS) is 34.6. The van der Waals surface area contributed by atoms with E-state index in [9.17, 15) is 9.59 Å². The van der Waals surface area contributed by atoms with E-state index in [-0.39, 0.29) is 17.9 Å². The molecule has 2 rings (SSSR count). The molecular formula is C10H16N2O2. The minimum Gasteiger partial charge on any atom is -0.295 e. The maximum atomic E-state index is 11.5. The SMILES string of the molecule is CC1CCN(C2CCC(=O)NC2=O)C1. The first-order valence-corrected chi connectivity index (χ1v) is 5.24. The lowest BCUT2D eigenvalue weighted by Crippen LogP contribution is -2.51. The summed E-state index contributed by atoms with van der Waals surface area (Å²) in [4.78, 5) is 24.7. The zero-order chi connectivity index (χ0) is 10.1. The van der Waals surface area contributed by atoms with Crippen molar-refractivity contribution in [2.45, 2.75) is 32.2 Å². The maximum Gasteiger partial charge on any atom is 0.243 e. The number of hydrogen-bond donors (Lipinski definition) is 1. The van der Waals surface area contributed by atoms with Crippen LogP contribution in [0.5, 0.6) is 0 Å². The zero-order valence-electron chi connectivity index (χ0n) is 8.45. The van der Waals surface area contributed by atoms with Gasteiger partial charge in [0.05, 0.1) is 6.04 Å². The fraction of sp³-hybridized carbons (Fsp3) is 0.800. The van der Waals surface area contributed by atoms with Gasteiger partial charge in [0.25, 0.3) is 0 Å². The lowest BCUT2D eigenvalue weighted by atomic mass is 10.0. The molecule has 2 aliphatic heterocycles. The highest BCUT2D eigenvalue weighted by molar-refractivity contribution is 6.00. The van der Waals surface area contributed by atoms with Crippen LogP contribution in [0.4, 0.5) is 0 Å². The number of imide groups is 1. The first-order chi connectivity index (χ1) is 6.66. The summed E-state index contributed by atoms with van der Waals surface area (Å²) in [5, 5.41) is 2.40. The van der Waals surface area contributed by atoms with Gasteiger partial charge >= 0.3 is 0 Å². The second kappa shape index (κ2) is 3.69. The van der Waals surface area contributed by atoms with E-state index in [0.29, 0.717) is 18.8 Å². The van der Waals surface area contributed by atoms with Crippen LogP contribution in [-0.4, -0.2) is 35.8 Å². The highest BCUT2D eigenvalue weighted by Crippen LogP contribution is 2.21. The van der Waals surface area contributed by atoms with Gasteiger partial charge in [-0.25, -0.2) is 0 Å². The van der Waals surface area contributed by atoms with Crippen LogP contribution in [0, 0.1) is 5.92 Å². The highest BCUT2D eigenvalue weighted by atomic mass is 16.2. The van der Waals surface area contributed by atoms with Crippen LogP contribution in [-0.2, 0) is 9.59 Å². The smallest absolute Gasteiger partial charge is 0.243 e. The van der Waals surface area contributed by atoms with Gasteiger partial charge in [0, 0.05) is 13.0 Å². The minimum absolute atomic E-state index is 0.0577. The Hall–Kier alpha value is -0.900. The molecule has 1 N–H and O–H groups in total. The molecule has 78 valence electrons. The summed E-state index contributed by atoms with van der Waals surface area (Å²) in [5.41, 5.74) is 0. The second-order valence-corrected chi connectivity index (χ2v) is 4.36. The first kappa shape index (κ1) is 9.65. The van der Waals surface area contributed by atoms with E-state index in [4.69, 9.17) is 0 Å². The molecule has 2 unspecified atom stereocenters. The van der Waals surface area contributed by atoms with Crippen LogP contribution in [0.3, 0.4) is 0 Å². The number of amides is 2. The molecule has 0 aliphatic carbocycles. The van der Waals surface area contributed by atoms with Crippen molar-refractivity contribution >= 4 is 11.8 Å². The number of nitrogens with zero attached hydrogens (tertiary/aromatic N) is 1. The molecule has 2 saturated heterocycles. The summed E-state index contributed by atoms with van der Waals surface area (Å²) >= 11 is 0. The summed E-state index contributed by atoms with van der Waals surface area (Å²) in [7, 11) is 0. The van der Waals surface area contributed by atoms with E-state index < -0.39 is 0 Å². The Labute approximate surface area is 83.6 Å². The van der Waals surface area contributed by atoms with E-state index in [1.54, 1.807) is 0 Å². The van der Waals surface area contributed by atoms with Crippen molar-refractivity contribution < 1.29 is 9.59 Å². The van der Waals surface area contributed by atoms with Crippen LogP contribution < -0.4 is 5.32 Å². The van der Waals surface area contributed by atoms with Gasteiger partial charge in [0.1, 0.15) is 0 Å². The standard InChI is InChI=1S/C10H16N2O2/c1-7-4-5-12(6-7)8-2-3-9(13)11-10(8)14/h7-8H,2-6H2,1H3,(H,11,13,14). The third-order valence-electron chi connectivity index (χ3n) is 3.11. The Kier molecular flexibility index (Phi) is 2.54. The predicted octanol–water partition coefficient (Wildman–Crippen LogP) is 0.133. The largest absolute Gasteiger partial charge is 0.295 e. The Morgan fingerprint density at radius 1 is 1.36 bits per heavy atom. The molecule has 2 aliphatic rings. The van der Waals surface area contributed by atoms with Gasteiger partial charge < -0.3 is 0 Å². The molecule has 2 atom stereocenters. The van der Waals surface area contributed by atoms with Crippen LogP contribution in [0.1, 0.15) is 26.2 Å². The molecule has 0 radical (unpaired) electrons. The molecule has 0 aromatic heterocycles. The Balaban J connectivity index is 1.97. The maximum absolute atomic E-state index is 11.5. The number of piperidine rings is 1. The third kappa shape index (κ3) is 1.80. The quantitative estimate of drug-likeness (QED) is 0.607. The number of carbonyl (C=O) groups is 2. The first-order valence-electron chi connectivity index (χ1n) is 5.24. The number of nitrogens with one attached hydrogen (secondary N) is 1. The molecule has 2 heterocycles. The van der Waals surface area contributed by atoms with Gasteiger partial charge in [0.2, 0.25) is 11.8 Å². The average molecular weight is 196 g/mol. The summed E-state index contributed by atoms with van der Waals surface area (Å²) in [6, 6.07) is -0.0577. The molecule has 4 nitrogen and oxygen atoms in total. The minimum atomic E-state index is -0.126. The fourth-order valence-corrected chi connectivity index (χ4v) is 2.28. The van der Waals surface area contributed by atoms with Crippen molar-refractivity contribution in [1.29, 1.82) is 0 Å². The van der Waals surface area contributed by atoms with Gasteiger partial charge in [-0.1, -0.05) is 6.92 Å². The lowest BCUT2D eigenvalue weighted by molar-refractivity contribution is -0.137. The third-order valence-corrected chi connectivity index (χ3v) is 3.11. The summed E-state index contributed by atoms with van der Waals surface area (Å²) < 4.78 is 0. The van der Waals surface area contributed by atoms with Crippen molar-refractivity contribution in [3.05, 3.63) is 0 Å². The van der Waals surface area contributed by atoms with E-state index in [0.717, 1.165) is 19.5 Å². The van der Waals surface area contributed by atoms with Gasteiger partial charge in [-0.2, -0.15) is 0 Å². The van der Waals surface area contributed by atoms with E-state index >= 15 is 0 Å². The molecule has 14 heavy (non-hydrogen) atoms. The van der Waals surface area contributed by atoms with Crippen molar-refractivity contribution in [1.82, 2.24) is 10.2 Å². The van der Waals surface area contributed by atoms with Crippen LogP contribution in [0.25, 0.3) is 0 Å². The van der Waals surface area contributed by atoms with Gasteiger partial charge in [-0.3, -0.25) is 19.8 Å². The molecular weight excluding hydrogens is 180 g/mol. The molecule has 0 aromatic rings. The van der Waals surface area contributed by atoms with Gasteiger partial charge in [-0.05, 0) is 25.3 Å². The lowest BCUT2D eigenvalue weighted by Gasteiger charge is -2.29. The van der Waals surface area contributed by atoms with Crippen molar-refractivity contribution in [2.75, 3.05) is 13.1 Å². The van der Waals surface area contributed by atoms with Gasteiger partial charge in [-0.15, -0.1) is 0 Å². The molecule has 4 heteroatoms. The summed E-state index contributed by atoms with van der Waals surface area (Å²) in [6.07, 6.45) is 2.34. The monoisotopic (exact) mass is 196 g/mol. The van der Waals surface area contributed by atoms with Crippen LogP contribution in [0.15, 0.2) is 0 Å². The Morgan fingerprint density at radius 3 is 2.71 bits per heavy atom. The molecule has 0 spiro atoms. The Bertz CT molecular complexity index is 265. The van der Waals surface area contributed by atoms with Crippen molar-refractivity contribution in [2.24, 2.45) is 5.92 Å². The fourth-order valence-electron chi connectivity index (χ4n) is 2.28. The van der Waals surface area contributed by atoms with E-state index in [2.05, 4.69) is 17.1 Å². The number of hydrogen-bond acceptors (Lipinski definition) is 3. The molecule has 0 saturated carbocycles. The molecule has 2 amide bonds. The summed E-state index contributed by atoms with van der Waals surface area (Å²) in [5.74, 6) is 0.453. The van der Waals surface area contributed by atoms with Crippen molar-refractivity contribution in [3.8, 4) is 0 Å². The number of carbonyl (C=O) groups excluding carboxylic acids is 2. The van der Waals surface area contributed by atoms with E-state index in [1.165, 1.54) is 0 Å². The average Bonchev–Trinajstić information content (AvgIpc) is 2.51.